The lowest BCUT2D eigenvalue weighted by atomic mass is 9.48. The summed E-state index contributed by atoms with van der Waals surface area (Å²) in [5, 5.41) is 34.0. The number of aliphatic hydroxyl groups is 2. The van der Waals surface area contributed by atoms with E-state index < -0.39 is 17.1 Å². The van der Waals surface area contributed by atoms with Crippen molar-refractivity contribution in [1.82, 2.24) is 9.80 Å². The van der Waals surface area contributed by atoms with Crippen LogP contribution in [0.3, 0.4) is 0 Å². The van der Waals surface area contributed by atoms with Gasteiger partial charge in [-0.3, -0.25) is 9.80 Å². The number of nitrogens with zero attached hydrogens (tertiary/aromatic N) is 2. The predicted molar refractivity (Wildman–Crippen MR) is 111 cm³/mol. The molecule has 2 bridgehead atoms. The van der Waals surface area contributed by atoms with Gasteiger partial charge in [-0.25, -0.2) is 0 Å². The van der Waals surface area contributed by atoms with Crippen LogP contribution in [-0.4, -0.2) is 75.1 Å². The van der Waals surface area contributed by atoms with Crippen molar-refractivity contribution in [2.75, 3.05) is 26.2 Å². The maximum absolute atomic E-state index is 12.5. The molecular formula is C24H34N2O3. The summed E-state index contributed by atoms with van der Waals surface area (Å²) in [6, 6.07) is 5.89. The zero-order valence-electron chi connectivity index (χ0n) is 17.3. The molecule has 1 aromatic rings. The van der Waals surface area contributed by atoms with Crippen LogP contribution in [0.2, 0.25) is 0 Å². The molecule has 2 saturated heterocycles. The van der Waals surface area contributed by atoms with E-state index in [4.69, 9.17) is 0 Å². The summed E-state index contributed by atoms with van der Waals surface area (Å²) in [6.45, 7) is 4.17. The summed E-state index contributed by atoms with van der Waals surface area (Å²) in [6.07, 6.45) is 7.60. The van der Waals surface area contributed by atoms with Crippen LogP contribution in [0, 0.1) is 5.92 Å². The second-order valence-electron chi connectivity index (χ2n) is 10.5. The predicted octanol–water partition coefficient (Wildman–Crippen LogP) is 2.02. The maximum atomic E-state index is 12.5. The van der Waals surface area contributed by atoms with Gasteiger partial charge < -0.3 is 15.3 Å². The second kappa shape index (κ2) is 6.43. The minimum atomic E-state index is -0.840. The van der Waals surface area contributed by atoms with Crippen molar-refractivity contribution in [3.8, 4) is 5.75 Å². The highest BCUT2D eigenvalue weighted by atomic mass is 16.3. The van der Waals surface area contributed by atoms with Crippen LogP contribution in [0.1, 0.15) is 56.1 Å². The molecule has 158 valence electrons. The molecule has 2 aliphatic heterocycles. The number of rotatable bonds is 3. The monoisotopic (exact) mass is 398 g/mol. The first-order chi connectivity index (χ1) is 14.0. The third kappa shape index (κ3) is 2.67. The van der Waals surface area contributed by atoms with Gasteiger partial charge in [-0.1, -0.05) is 6.07 Å². The van der Waals surface area contributed by atoms with Crippen LogP contribution in [0.5, 0.6) is 5.75 Å². The van der Waals surface area contributed by atoms with E-state index in [1.54, 1.807) is 6.07 Å². The lowest BCUT2D eigenvalue weighted by molar-refractivity contribution is -0.199. The Labute approximate surface area is 173 Å². The number of fused-ring (bicyclic) bond motifs is 1. The van der Waals surface area contributed by atoms with Crippen molar-refractivity contribution in [1.29, 1.82) is 0 Å². The highest BCUT2D eigenvalue weighted by Gasteiger charge is 2.66. The first kappa shape index (κ1) is 18.6. The first-order valence-electron chi connectivity index (χ1n) is 11.7. The number of hydrogen-bond donors (Lipinski definition) is 3. The molecule has 0 amide bonds. The highest BCUT2D eigenvalue weighted by Crippen LogP contribution is 2.59. The number of phenolic OH excluding ortho intramolecular Hbond substituents is 1. The lowest BCUT2D eigenvalue weighted by Crippen LogP contribution is -2.76. The highest BCUT2D eigenvalue weighted by molar-refractivity contribution is 5.48. The molecule has 5 atom stereocenters. The topological polar surface area (TPSA) is 67.2 Å². The van der Waals surface area contributed by atoms with Crippen molar-refractivity contribution in [2.45, 2.75) is 80.6 Å². The number of piperidine rings is 1. The van der Waals surface area contributed by atoms with E-state index in [0.717, 1.165) is 50.5 Å². The number of phenols is 1. The van der Waals surface area contributed by atoms with Gasteiger partial charge in [0.25, 0.3) is 0 Å². The summed E-state index contributed by atoms with van der Waals surface area (Å²) < 4.78 is 0. The minimum absolute atomic E-state index is 0.0536. The third-order valence-corrected chi connectivity index (χ3v) is 8.99. The molecule has 6 rings (SSSR count). The van der Waals surface area contributed by atoms with Crippen LogP contribution >= 0.6 is 0 Å². The largest absolute Gasteiger partial charge is 0.508 e. The Morgan fingerprint density at radius 3 is 2.62 bits per heavy atom. The van der Waals surface area contributed by atoms with Gasteiger partial charge in [0.15, 0.2) is 0 Å². The summed E-state index contributed by atoms with van der Waals surface area (Å²) in [5.74, 6) is 1.08. The molecule has 0 aromatic heterocycles. The number of benzene rings is 1. The van der Waals surface area contributed by atoms with Crippen LogP contribution < -0.4 is 0 Å². The molecule has 2 saturated carbocycles. The summed E-state index contributed by atoms with van der Waals surface area (Å²) >= 11 is 0. The van der Waals surface area contributed by atoms with Crippen LogP contribution in [0.4, 0.5) is 0 Å². The summed E-state index contributed by atoms with van der Waals surface area (Å²) in [5.41, 5.74) is 1.07. The molecule has 2 heterocycles. The Morgan fingerprint density at radius 1 is 1.07 bits per heavy atom. The molecule has 5 nitrogen and oxygen atoms in total. The van der Waals surface area contributed by atoms with Crippen molar-refractivity contribution >= 4 is 0 Å². The second-order valence-corrected chi connectivity index (χ2v) is 10.5. The Balaban J connectivity index is 1.45. The molecular weight excluding hydrogens is 364 g/mol. The Hall–Kier alpha value is -1.14. The Kier molecular flexibility index (Phi) is 4.13. The molecule has 5 heteroatoms. The van der Waals surface area contributed by atoms with Gasteiger partial charge in [-0.15, -0.1) is 0 Å². The van der Waals surface area contributed by atoms with Crippen molar-refractivity contribution < 1.29 is 15.3 Å². The van der Waals surface area contributed by atoms with Gasteiger partial charge in [0.1, 0.15) is 5.75 Å². The van der Waals surface area contributed by atoms with Crippen LogP contribution in [0.15, 0.2) is 18.2 Å². The van der Waals surface area contributed by atoms with Crippen molar-refractivity contribution in [2.24, 2.45) is 5.92 Å². The molecule has 3 N–H and O–H groups in total. The molecule has 4 fully saturated rings. The molecule has 5 aliphatic rings. The fourth-order valence-corrected chi connectivity index (χ4v) is 7.35. The Bertz CT molecular complexity index is 805. The van der Waals surface area contributed by atoms with E-state index in [-0.39, 0.29) is 17.8 Å². The molecule has 0 radical (unpaired) electrons. The van der Waals surface area contributed by atoms with Crippen molar-refractivity contribution in [3.05, 3.63) is 29.3 Å². The SMILES string of the molecule is Oc1ccc2c(c1)[C@]13CCN(CC4CC4)[C@H](C2)[C@]1(O)C[C@@H](N1CCCC1)[C@@H](O)C3. The van der Waals surface area contributed by atoms with E-state index in [9.17, 15) is 15.3 Å². The maximum Gasteiger partial charge on any atom is 0.115 e. The average Bonchev–Trinajstić information content (AvgIpc) is 3.34. The molecule has 3 aliphatic carbocycles. The van der Waals surface area contributed by atoms with Gasteiger partial charge in [-0.05, 0) is 100 Å². The standard InChI is InChI=1S/C24H34N2O3/c27-18-6-5-17-11-22-24(29)13-20(25-8-1-2-9-25)21(28)14-23(24,19(17)12-18)7-10-26(22)15-16-3-4-16/h5-6,12,16,20-22,27-29H,1-4,7-11,13-15H2/t20-,21+,22-,23-,24-/m1/s1. The molecule has 1 aromatic carbocycles. The van der Waals surface area contributed by atoms with E-state index >= 15 is 0 Å². The fourth-order valence-electron chi connectivity index (χ4n) is 7.35. The molecule has 29 heavy (non-hydrogen) atoms. The van der Waals surface area contributed by atoms with E-state index in [1.807, 2.05) is 6.07 Å². The van der Waals surface area contributed by atoms with E-state index in [1.165, 1.54) is 31.2 Å². The van der Waals surface area contributed by atoms with E-state index in [0.29, 0.717) is 12.8 Å². The van der Waals surface area contributed by atoms with Crippen LogP contribution in [0.25, 0.3) is 0 Å². The van der Waals surface area contributed by atoms with Gasteiger partial charge in [0.2, 0.25) is 0 Å². The van der Waals surface area contributed by atoms with Gasteiger partial charge in [0, 0.05) is 24.0 Å². The third-order valence-electron chi connectivity index (χ3n) is 8.99. The van der Waals surface area contributed by atoms with Gasteiger partial charge in [-0.2, -0.15) is 0 Å². The zero-order chi connectivity index (χ0) is 19.8. The zero-order valence-corrected chi connectivity index (χ0v) is 17.3. The smallest absolute Gasteiger partial charge is 0.115 e. The van der Waals surface area contributed by atoms with Gasteiger partial charge >= 0.3 is 0 Å². The number of hydrogen-bond acceptors (Lipinski definition) is 5. The van der Waals surface area contributed by atoms with Crippen molar-refractivity contribution in [3.63, 3.8) is 0 Å². The van der Waals surface area contributed by atoms with Gasteiger partial charge in [0.05, 0.1) is 11.7 Å². The van der Waals surface area contributed by atoms with Crippen LogP contribution in [-0.2, 0) is 11.8 Å². The lowest BCUT2D eigenvalue weighted by Gasteiger charge is -2.66. The molecule has 0 spiro atoms. The number of aromatic hydroxyl groups is 1. The molecule has 0 unspecified atom stereocenters. The first-order valence-corrected chi connectivity index (χ1v) is 11.7. The fraction of sp³-hybridized carbons (Fsp3) is 0.750. The minimum Gasteiger partial charge on any atom is -0.508 e. The average molecular weight is 399 g/mol. The van der Waals surface area contributed by atoms with E-state index in [2.05, 4.69) is 15.9 Å². The normalized spacial score (nSPS) is 42.5. The number of aliphatic hydroxyl groups excluding tert-OH is 1. The summed E-state index contributed by atoms with van der Waals surface area (Å²) in [4.78, 5) is 5.00. The summed E-state index contributed by atoms with van der Waals surface area (Å²) in [7, 11) is 0. The number of likely N-dealkylation sites (tertiary alicyclic amines) is 2. The Morgan fingerprint density at radius 2 is 1.86 bits per heavy atom. The quantitative estimate of drug-likeness (QED) is 0.727.